The summed E-state index contributed by atoms with van der Waals surface area (Å²) in [5.74, 6) is 0.252. The third-order valence-electron chi connectivity index (χ3n) is 4.76. The van der Waals surface area contributed by atoms with Gasteiger partial charge in [0.15, 0.2) is 16.1 Å². The molecule has 0 bridgehead atoms. The molecule has 1 atom stereocenters. The van der Waals surface area contributed by atoms with Crippen LogP contribution in [-0.2, 0) is 14.6 Å². The van der Waals surface area contributed by atoms with Gasteiger partial charge >= 0.3 is 0 Å². The van der Waals surface area contributed by atoms with Gasteiger partial charge in [0.05, 0.1) is 11.5 Å². The lowest BCUT2D eigenvalue weighted by Gasteiger charge is -2.08. The van der Waals surface area contributed by atoms with E-state index in [1.54, 1.807) is 0 Å². The Labute approximate surface area is 156 Å². The summed E-state index contributed by atoms with van der Waals surface area (Å²) in [6, 6.07) is 0. The van der Waals surface area contributed by atoms with Crippen molar-refractivity contribution in [3.63, 3.8) is 0 Å². The van der Waals surface area contributed by atoms with Crippen LogP contribution in [0.3, 0.4) is 0 Å². The summed E-state index contributed by atoms with van der Waals surface area (Å²) >= 11 is 0. The van der Waals surface area contributed by atoms with Crippen molar-refractivity contribution >= 4 is 9.84 Å². The molecular formula is C20H42O4S. The van der Waals surface area contributed by atoms with E-state index in [9.17, 15) is 13.5 Å². The number of methoxy groups -OCH3 is 1. The molecular weight excluding hydrogens is 336 g/mol. The van der Waals surface area contributed by atoms with E-state index in [1.165, 1.54) is 77.7 Å². The van der Waals surface area contributed by atoms with Crippen molar-refractivity contribution in [3.05, 3.63) is 0 Å². The molecule has 0 saturated carbocycles. The second kappa shape index (κ2) is 17.3. The smallest absolute Gasteiger partial charge is 0.155 e. The van der Waals surface area contributed by atoms with Gasteiger partial charge in [-0.05, 0) is 6.42 Å². The molecule has 25 heavy (non-hydrogen) atoms. The number of ether oxygens (including phenoxy) is 1. The minimum absolute atomic E-state index is 0.0143. The van der Waals surface area contributed by atoms with Gasteiger partial charge in [0, 0.05) is 13.5 Å². The fourth-order valence-corrected chi connectivity index (χ4v) is 4.43. The van der Waals surface area contributed by atoms with Crippen LogP contribution in [0.5, 0.6) is 0 Å². The van der Waals surface area contributed by atoms with E-state index in [-0.39, 0.29) is 17.9 Å². The lowest BCUT2D eigenvalue weighted by Crippen LogP contribution is -2.18. The van der Waals surface area contributed by atoms with E-state index >= 15 is 0 Å². The lowest BCUT2D eigenvalue weighted by atomic mass is 10.0. The lowest BCUT2D eigenvalue weighted by molar-refractivity contribution is -0.0743. The summed E-state index contributed by atoms with van der Waals surface area (Å²) in [6.07, 6.45) is 16.9. The number of sulfone groups is 1. The average molecular weight is 379 g/mol. The summed E-state index contributed by atoms with van der Waals surface area (Å²) in [5, 5.41) is 9.23. The Morgan fingerprint density at radius 2 is 1.12 bits per heavy atom. The van der Waals surface area contributed by atoms with E-state index in [2.05, 4.69) is 11.7 Å². The van der Waals surface area contributed by atoms with Crippen LogP contribution in [0.4, 0.5) is 0 Å². The van der Waals surface area contributed by atoms with Gasteiger partial charge in [-0.3, -0.25) is 0 Å². The average Bonchev–Trinajstić information content (AvgIpc) is 2.60. The standard InChI is InChI=1S/C20H42O4S/c1-3-4-5-6-7-8-9-10-11-12-13-14-15-16-18-25(22,23)19-17-20(21)24-2/h20-21H,3-19H2,1-2H3. The molecule has 5 heteroatoms. The van der Waals surface area contributed by atoms with Crippen LogP contribution in [0.1, 0.15) is 103 Å². The molecule has 0 spiro atoms. The number of hydrogen-bond donors (Lipinski definition) is 1. The minimum Gasteiger partial charge on any atom is -0.368 e. The molecule has 0 amide bonds. The van der Waals surface area contributed by atoms with Crippen LogP contribution in [0, 0.1) is 0 Å². The summed E-state index contributed by atoms with van der Waals surface area (Å²) in [6.45, 7) is 2.26. The molecule has 0 aliphatic carbocycles. The van der Waals surface area contributed by atoms with Gasteiger partial charge in [0.1, 0.15) is 0 Å². The molecule has 0 aromatic heterocycles. The second-order valence-electron chi connectivity index (χ2n) is 7.23. The highest BCUT2D eigenvalue weighted by atomic mass is 32.2. The molecule has 0 aromatic rings. The first kappa shape index (κ1) is 24.9. The van der Waals surface area contributed by atoms with E-state index in [1.807, 2.05) is 0 Å². The molecule has 0 aliphatic rings. The molecule has 0 fully saturated rings. The van der Waals surface area contributed by atoms with E-state index < -0.39 is 16.1 Å². The molecule has 152 valence electrons. The predicted molar refractivity (Wildman–Crippen MR) is 107 cm³/mol. The number of unbranched alkanes of at least 4 members (excludes halogenated alkanes) is 13. The summed E-state index contributed by atoms with van der Waals surface area (Å²) < 4.78 is 28.3. The summed E-state index contributed by atoms with van der Waals surface area (Å²) in [4.78, 5) is 0. The maximum Gasteiger partial charge on any atom is 0.155 e. The first-order valence-electron chi connectivity index (χ1n) is 10.4. The van der Waals surface area contributed by atoms with Gasteiger partial charge in [0.2, 0.25) is 0 Å². The van der Waals surface area contributed by atoms with E-state index in [4.69, 9.17) is 0 Å². The van der Waals surface area contributed by atoms with Crippen molar-refractivity contribution in [2.75, 3.05) is 18.6 Å². The van der Waals surface area contributed by atoms with Crippen molar-refractivity contribution in [1.82, 2.24) is 0 Å². The summed E-state index contributed by atoms with van der Waals surface area (Å²) in [7, 11) is -1.66. The topological polar surface area (TPSA) is 63.6 Å². The zero-order chi connectivity index (χ0) is 18.8. The second-order valence-corrected chi connectivity index (χ2v) is 9.53. The Morgan fingerprint density at radius 1 is 0.720 bits per heavy atom. The van der Waals surface area contributed by atoms with Crippen LogP contribution in [0.2, 0.25) is 0 Å². The third kappa shape index (κ3) is 18.5. The Balaban J connectivity index is 3.30. The van der Waals surface area contributed by atoms with Gasteiger partial charge in [-0.25, -0.2) is 8.42 Å². The fourth-order valence-electron chi connectivity index (χ4n) is 3.02. The predicted octanol–water partition coefficient (Wildman–Crippen LogP) is 5.24. The zero-order valence-electron chi connectivity index (χ0n) is 16.7. The van der Waals surface area contributed by atoms with Crippen molar-refractivity contribution in [2.45, 2.75) is 110 Å². The van der Waals surface area contributed by atoms with Crippen molar-refractivity contribution < 1.29 is 18.3 Å². The fraction of sp³-hybridized carbons (Fsp3) is 1.00. The highest BCUT2D eigenvalue weighted by Gasteiger charge is 2.13. The van der Waals surface area contributed by atoms with E-state index in [0.29, 0.717) is 0 Å². The number of aliphatic hydroxyl groups excluding tert-OH is 1. The van der Waals surface area contributed by atoms with Crippen molar-refractivity contribution in [2.24, 2.45) is 0 Å². The Hall–Kier alpha value is -0.130. The van der Waals surface area contributed by atoms with Gasteiger partial charge < -0.3 is 9.84 Å². The van der Waals surface area contributed by atoms with Gasteiger partial charge in [-0.15, -0.1) is 0 Å². The zero-order valence-corrected chi connectivity index (χ0v) is 17.5. The first-order chi connectivity index (χ1) is 12.0. The molecule has 0 aromatic carbocycles. The van der Waals surface area contributed by atoms with Gasteiger partial charge in [-0.2, -0.15) is 0 Å². The van der Waals surface area contributed by atoms with Crippen LogP contribution >= 0.6 is 0 Å². The molecule has 0 heterocycles. The highest BCUT2D eigenvalue weighted by Crippen LogP contribution is 2.13. The molecule has 0 radical (unpaired) electrons. The van der Waals surface area contributed by atoms with Gasteiger partial charge in [-0.1, -0.05) is 90.4 Å². The Bertz CT molecular complexity index is 368. The van der Waals surface area contributed by atoms with E-state index in [0.717, 1.165) is 19.3 Å². The summed E-state index contributed by atoms with van der Waals surface area (Å²) in [5.41, 5.74) is 0. The molecule has 4 nitrogen and oxygen atoms in total. The largest absolute Gasteiger partial charge is 0.368 e. The molecule has 0 aliphatic heterocycles. The molecule has 0 rings (SSSR count). The van der Waals surface area contributed by atoms with Crippen molar-refractivity contribution in [3.8, 4) is 0 Å². The van der Waals surface area contributed by atoms with Crippen LogP contribution in [0.25, 0.3) is 0 Å². The number of hydrogen-bond acceptors (Lipinski definition) is 4. The molecule has 1 N–H and O–H groups in total. The Kier molecular flexibility index (Phi) is 17.2. The maximum atomic E-state index is 11.8. The number of aliphatic hydroxyl groups is 1. The SMILES string of the molecule is CCCCCCCCCCCCCCCCS(=O)(=O)CCC(O)OC. The Morgan fingerprint density at radius 3 is 1.52 bits per heavy atom. The van der Waals surface area contributed by atoms with Crippen molar-refractivity contribution in [1.29, 1.82) is 0 Å². The maximum absolute atomic E-state index is 11.8. The van der Waals surface area contributed by atoms with Gasteiger partial charge in [0.25, 0.3) is 0 Å². The quantitative estimate of drug-likeness (QED) is 0.247. The minimum atomic E-state index is -3.04. The van der Waals surface area contributed by atoms with Crippen LogP contribution in [0.15, 0.2) is 0 Å². The molecule has 0 saturated heterocycles. The first-order valence-corrected chi connectivity index (χ1v) is 12.2. The highest BCUT2D eigenvalue weighted by molar-refractivity contribution is 7.91. The number of rotatable bonds is 19. The third-order valence-corrected chi connectivity index (χ3v) is 6.53. The van der Waals surface area contributed by atoms with Crippen LogP contribution < -0.4 is 0 Å². The monoisotopic (exact) mass is 378 g/mol. The van der Waals surface area contributed by atoms with Crippen LogP contribution in [-0.4, -0.2) is 38.4 Å². The molecule has 1 unspecified atom stereocenters. The normalized spacial score (nSPS) is 13.2.